The van der Waals surface area contributed by atoms with Crippen LogP contribution in [0.4, 0.5) is 0 Å². The van der Waals surface area contributed by atoms with Gasteiger partial charge in [-0.3, -0.25) is 4.79 Å². The highest BCUT2D eigenvalue weighted by Crippen LogP contribution is 2.43. The van der Waals surface area contributed by atoms with Crippen LogP contribution in [-0.2, 0) is 0 Å². The van der Waals surface area contributed by atoms with Crippen LogP contribution in [0.25, 0.3) is 0 Å². The molecule has 0 bridgehead atoms. The maximum atomic E-state index is 11.9. The Kier molecular flexibility index (Phi) is 3.09. The zero-order valence-electron chi connectivity index (χ0n) is 12.1. The highest BCUT2D eigenvalue weighted by molar-refractivity contribution is 6.00. The van der Waals surface area contributed by atoms with Gasteiger partial charge in [0.25, 0.3) is 0 Å². The van der Waals surface area contributed by atoms with E-state index in [0.717, 1.165) is 0 Å². The molecule has 1 aromatic rings. The fraction of sp³-hybridized carbons (Fsp3) is 0.533. The van der Waals surface area contributed by atoms with Crippen molar-refractivity contribution in [1.29, 1.82) is 0 Å². The number of hydrogen-bond acceptors (Lipinski definition) is 4. The molecule has 1 aromatic carbocycles. The van der Waals surface area contributed by atoms with Crippen molar-refractivity contribution in [2.45, 2.75) is 51.9 Å². The zero-order chi connectivity index (χ0) is 14.4. The summed E-state index contributed by atoms with van der Waals surface area (Å²) in [5.74, 6) is 1.15. The molecular formula is C15H21NO3. The van der Waals surface area contributed by atoms with Gasteiger partial charge >= 0.3 is 0 Å². The molecule has 1 aliphatic heterocycles. The van der Waals surface area contributed by atoms with Crippen LogP contribution in [0.3, 0.4) is 0 Å². The predicted molar refractivity (Wildman–Crippen MR) is 73.8 cm³/mol. The summed E-state index contributed by atoms with van der Waals surface area (Å²) in [6.45, 7) is 9.58. The molecular weight excluding hydrogens is 242 g/mol. The molecule has 1 aliphatic rings. The fourth-order valence-electron chi connectivity index (χ4n) is 1.88. The van der Waals surface area contributed by atoms with Gasteiger partial charge in [0.05, 0.1) is 6.04 Å². The van der Waals surface area contributed by atoms with E-state index in [1.807, 2.05) is 27.7 Å². The molecule has 0 fully saturated rings. The van der Waals surface area contributed by atoms with E-state index >= 15 is 0 Å². The van der Waals surface area contributed by atoms with E-state index in [4.69, 9.17) is 15.2 Å². The number of benzene rings is 1. The lowest BCUT2D eigenvalue weighted by Gasteiger charge is -2.45. The first-order valence-corrected chi connectivity index (χ1v) is 6.46. The average molecular weight is 263 g/mol. The summed E-state index contributed by atoms with van der Waals surface area (Å²) in [4.78, 5) is 11.9. The van der Waals surface area contributed by atoms with Crippen molar-refractivity contribution in [2.75, 3.05) is 0 Å². The summed E-state index contributed by atoms with van der Waals surface area (Å²) in [6, 6.07) is 4.68. The molecule has 0 radical (unpaired) electrons. The molecule has 0 spiro atoms. The number of rotatable bonds is 2. The maximum Gasteiger partial charge on any atom is 0.179 e. The summed E-state index contributed by atoms with van der Waals surface area (Å²) in [7, 11) is 0. The van der Waals surface area contributed by atoms with Gasteiger partial charge in [0.15, 0.2) is 17.3 Å². The number of Topliss-reactive ketones (excluding diaryl/α,β-unsaturated/α-hetero) is 1. The van der Waals surface area contributed by atoms with Gasteiger partial charge in [-0.25, -0.2) is 0 Å². The predicted octanol–water partition coefficient (Wildman–Crippen LogP) is 2.54. The molecule has 1 heterocycles. The van der Waals surface area contributed by atoms with Crippen LogP contribution in [0.2, 0.25) is 0 Å². The van der Waals surface area contributed by atoms with E-state index in [-0.39, 0.29) is 5.78 Å². The van der Waals surface area contributed by atoms with Crippen LogP contribution < -0.4 is 15.2 Å². The van der Waals surface area contributed by atoms with Crippen LogP contribution in [-0.4, -0.2) is 23.0 Å². The lowest BCUT2D eigenvalue weighted by molar-refractivity contribution is -0.0991. The second kappa shape index (κ2) is 4.23. The summed E-state index contributed by atoms with van der Waals surface area (Å²) < 4.78 is 11.9. The van der Waals surface area contributed by atoms with Gasteiger partial charge in [0, 0.05) is 5.56 Å². The SMILES string of the molecule is CC(N)C(=O)c1ccc2c(c1)OC(C)(C)C(C)(C)O2. The van der Waals surface area contributed by atoms with Gasteiger partial charge in [-0.05, 0) is 52.8 Å². The Morgan fingerprint density at radius 3 is 2.16 bits per heavy atom. The van der Waals surface area contributed by atoms with Crippen molar-refractivity contribution in [1.82, 2.24) is 0 Å². The lowest BCUT2D eigenvalue weighted by atomic mass is 9.87. The van der Waals surface area contributed by atoms with Crippen molar-refractivity contribution in [2.24, 2.45) is 5.73 Å². The summed E-state index contributed by atoms with van der Waals surface area (Å²) in [5, 5.41) is 0. The van der Waals surface area contributed by atoms with Gasteiger partial charge in [-0.1, -0.05) is 0 Å². The Balaban J connectivity index is 2.41. The molecule has 0 aliphatic carbocycles. The van der Waals surface area contributed by atoms with Gasteiger partial charge in [-0.2, -0.15) is 0 Å². The molecule has 4 nitrogen and oxygen atoms in total. The third-order valence-electron chi connectivity index (χ3n) is 3.82. The number of nitrogens with two attached hydrogens (primary N) is 1. The fourth-order valence-corrected chi connectivity index (χ4v) is 1.88. The zero-order valence-corrected chi connectivity index (χ0v) is 12.1. The van der Waals surface area contributed by atoms with Crippen LogP contribution in [0, 0.1) is 0 Å². The minimum Gasteiger partial charge on any atom is -0.480 e. The minimum absolute atomic E-state index is 0.103. The number of fused-ring (bicyclic) bond motifs is 1. The standard InChI is InChI=1S/C15H21NO3/c1-9(16)13(17)10-6-7-11-12(8-10)19-15(4,5)14(2,3)18-11/h6-9H,16H2,1-5H3. The van der Waals surface area contributed by atoms with Crippen molar-refractivity contribution < 1.29 is 14.3 Å². The topological polar surface area (TPSA) is 61.6 Å². The number of ketones is 1. The first-order chi connectivity index (χ1) is 8.64. The number of carbonyl (C=O) groups excluding carboxylic acids is 1. The van der Waals surface area contributed by atoms with Crippen LogP contribution in [0.1, 0.15) is 45.0 Å². The summed E-state index contributed by atoms with van der Waals surface area (Å²) in [5.41, 5.74) is 5.25. The number of hydrogen-bond donors (Lipinski definition) is 1. The van der Waals surface area contributed by atoms with Gasteiger partial charge in [0.1, 0.15) is 11.2 Å². The van der Waals surface area contributed by atoms with Crippen LogP contribution in [0.15, 0.2) is 18.2 Å². The largest absolute Gasteiger partial charge is 0.480 e. The van der Waals surface area contributed by atoms with Crippen molar-refractivity contribution in [3.05, 3.63) is 23.8 Å². The van der Waals surface area contributed by atoms with E-state index in [2.05, 4.69) is 0 Å². The normalized spacial score (nSPS) is 20.7. The molecule has 1 unspecified atom stereocenters. The molecule has 1 atom stereocenters. The second-order valence-corrected chi connectivity index (χ2v) is 6.04. The number of carbonyl (C=O) groups is 1. The Bertz CT molecular complexity index is 518. The molecule has 4 heteroatoms. The van der Waals surface area contributed by atoms with E-state index in [1.54, 1.807) is 25.1 Å². The molecule has 0 saturated carbocycles. The third kappa shape index (κ3) is 2.32. The Hall–Kier alpha value is -1.55. The van der Waals surface area contributed by atoms with E-state index in [9.17, 15) is 4.79 Å². The lowest BCUT2D eigenvalue weighted by Crippen LogP contribution is -2.56. The Morgan fingerprint density at radius 1 is 1.11 bits per heavy atom. The minimum atomic E-state index is -0.521. The quantitative estimate of drug-likeness (QED) is 0.833. The van der Waals surface area contributed by atoms with E-state index < -0.39 is 17.2 Å². The Morgan fingerprint density at radius 2 is 1.63 bits per heavy atom. The summed E-state index contributed by atoms with van der Waals surface area (Å²) >= 11 is 0. The van der Waals surface area contributed by atoms with Crippen LogP contribution >= 0.6 is 0 Å². The monoisotopic (exact) mass is 263 g/mol. The van der Waals surface area contributed by atoms with Crippen molar-refractivity contribution in [3.8, 4) is 11.5 Å². The Labute approximate surface area is 113 Å². The number of ether oxygens (including phenoxy) is 2. The van der Waals surface area contributed by atoms with Gasteiger partial charge in [-0.15, -0.1) is 0 Å². The van der Waals surface area contributed by atoms with E-state index in [0.29, 0.717) is 17.1 Å². The highest BCUT2D eigenvalue weighted by Gasteiger charge is 2.45. The summed E-state index contributed by atoms with van der Waals surface area (Å²) in [6.07, 6.45) is 0. The van der Waals surface area contributed by atoms with Crippen molar-refractivity contribution in [3.63, 3.8) is 0 Å². The molecule has 0 amide bonds. The van der Waals surface area contributed by atoms with Crippen molar-refractivity contribution >= 4 is 5.78 Å². The molecule has 2 rings (SSSR count). The first-order valence-electron chi connectivity index (χ1n) is 6.46. The molecule has 0 saturated heterocycles. The van der Waals surface area contributed by atoms with E-state index in [1.165, 1.54) is 0 Å². The smallest absolute Gasteiger partial charge is 0.179 e. The molecule has 19 heavy (non-hydrogen) atoms. The average Bonchev–Trinajstić information content (AvgIpc) is 2.28. The first kappa shape index (κ1) is 13.9. The molecule has 0 aromatic heterocycles. The second-order valence-electron chi connectivity index (χ2n) is 6.04. The molecule has 2 N–H and O–H groups in total. The van der Waals surface area contributed by atoms with Gasteiger partial charge in [0.2, 0.25) is 0 Å². The van der Waals surface area contributed by atoms with Gasteiger partial charge < -0.3 is 15.2 Å². The van der Waals surface area contributed by atoms with Crippen LogP contribution in [0.5, 0.6) is 11.5 Å². The highest BCUT2D eigenvalue weighted by atomic mass is 16.6. The molecule has 104 valence electrons. The third-order valence-corrected chi connectivity index (χ3v) is 3.82. The maximum absolute atomic E-state index is 11.9.